The first kappa shape index (κ1) is 84.2. The van der Waals surface area contributed by atoms with E-state index in [0.717, 1.165) is 45.6 Å². The molecule has 1 saturated heterocycles. The summed E-state index contributed by atoms with van der Waals surface area (Å²) in [5.74, 6) is -2.46. The minimum absolute atomic E-state index is 0.0741. The van der Waals surface area contributed by atoms with Crippen molar-refractivity contribution in [3.8, 4) is 50.3 Å². The predicted molar refractivity (Wildman–Crippen MR) is 456 cm³/mol. The normalized spacial score (nSPS) is 15.4. The Kier molecular flexibility index (Phi) is 24.8. The summed E-state index contributed by atoms with van der Waals surface area (Å²) in [5, 5.41) is 42.3. The molecule has 2 fully saturated rings. The van der Waals surface area contributed by atoms with Crippen LogP contribution in [0.3, 0.4) is 0 Å². The van der Waals surface area contributed by atoms with Crippen LogP contribution in [-0.2, 0) is 38.4 Å². The van der Waals surface area contributed by atoms with E-state index in [1.807, 2.05) is 13.8 Å². The Hall–Kier alpha value is -15.8. The number of fused-ring (bicyclic) bond motifs is 4. The predicted octanol–water partition coefficient (Wildman–Crippen LogP) is 14.3. The van der Waals surface area contributed by atoms with Gasteiger partial charge in [0.1, 0.15) is 45.7 Å². The van der Waals surface area contributed by atoms with Crippen LogP contribution in [0.2, 0.25) is 0 Å². The number of nitro benzene ring substituents is 3. The maximum absolute atomic E-state index is 12.9. The Morgan fingerprint density at radius 2 is 0.795 bits per heavy atom. The summed E-state index contributed by atoms with van der Waals surface area (Å²) in [5.41, 5.74) is 17.0. The van der Waals surface area contributed by atoms with Gasteiger partial charge in [0.05, 0.1) is 64.5 Å². The van der Waals surface area contributed by atoms with E-state index < -0.39 is 55.3 Å². The number of rotatable bonds is 16. The molecule has 3 unspecified atom stereocenters. The minimum atomic E-state index is -0.872. The van der Waals surface area contributed by atoms with Crippen molar-refractivity contribution < 1.29 is 80.7 Å². The van der Waals surface area contributed by atoms with Gasteiger partial charge < -0.3 is 34.2 Å². The lowest BCUT2D eigenvalue weighted by Gasteiger charge is -2.15. The number of ketones is 4. The Balaban J connectivity index is 0.000000137. The number of imide groups is 2. The van der Waals surface area contributed by atoms with E-state index in [1.54, 1.807) is 146 Å². The topological polar surface area (TPSA) is 483 Å². The van der Waals surface area contributed by atoms with Crippen molar-refractivity contribution in [1.29, 1.82) is 0 Å². The summed E-state index contributed by atoms with van der Waals surface area (Å²) in [6.45, 7) is 3.91. The number of nitrogens with zero attached hydrogens (tertiary/aromatic N) is 5. The number of benzene rings is 9. The molecule has 17 rings (SSSR count). The number of nitro groups is 3. The number of amides is 4. The van der Waals surface area contributed by atoms with Crippen LogP contribution in [0.15, 0.2) is 273 Å². The second-order valence-electron chi connectivity index (χ2n) is 27.4. The Labute approximate surface area is 694 Å². The highest BCUT2D eigenvalue weighted by Crippen LogP contribution is 2.39. The van der Waals surface area contributed by atoms with Gasteiger partial charge in [-0.05, 0) is 184 Å². The van der Waals surface area contributed by atoms with Crippen molar-refractivity contribution in [2.45, 2.75) is 49.0 Å². The number of carbonyl (C=O) groups excluding carboxylic acids is 9. The number of aldehydes is 1. The molecule has 33 heteroatoms. The second-order valence-corrected chi connectivity index (χ2v) is 30.3. The Morgan fingerprint density at radius 3 is 1.25 bits per heavy atom. The van der Waals surface area contributed by atoms with Crippen LogP contribution in [-0.4, -0.2) is 94.9 Å². The first-order chi connectivity index (χ1) is 58.5. The van der Waals surface area contributed by atoms with E-state index in [4.69, 9.17) is 34.2 Å². The van der Waals surface area contributed by atoms with E-state index in [2.05, 4.69) is 0 Å². The van der Waals surface area contributed by atoms with Gasteiger partial charge in [0, 0.05) is 94.3 Å². The zero-order valence-electron chi connectivity index (χ0n) is 63.8. The lowest BCUT2D eigenvalue weighted by molar-refractivity contribution is -0.385. The Morgan fingerprint density at radius 1 is 0.418 bits per heavy atom. The maximum atomic E-state index is 12.9. The number of nitrogen functional groups attached to an aromatic ring is 2. The lowest BCUT2D eigenvalue weighted by atomic mass is 9.93. The average Bonchev–Trinajstić information content (AvgIpc) is 1.35. The summed E-state index contributed by atoms with van der Waals surface area (Å²) in [6.07, 6.45) is 5.70. The first-order valence-corrected chi connectivity index (χ1v) is 39.0. The van der Waals surface area contributed by atoms with E-state index in [-0.39, 0.29) is 109 Å². The third kappa shape index (κ3) is 18.2. The summed E-state index contributed by atoms with van der Waals surface area (Å²) in [6, 6.07) is 54.2. The first-order valence-electron chi connectivity index (χ1n) is 36.9. The van der Waals surface area contributed by atoms with Crippen molar-refractivity contribution in [2.75, 3.05) is 32.8 Å². The van der Waals surface area contributed by atoms with Gasteiger partial charge in [-0.15, -0.1) is 11.8 Å². The number of aromatic hydroxyl groups is 1. The number of allylic oxidation sites excluding steroid dienone is 2. The van der Waals surface area contributed by atoms with E-state index in [9.17, 15) is 92.7 Å². The van der Waals surface area contributed by atoms with Crippen molar-refractivity contribution in [1.82, 2.24) is 0 Å². The fraction of sp³-hybridized carbons (Fsp3) is 0.112. The third-order valence-electron chi connectivity index (χ3n) is 19.6. The highest BCUT2D eigenvalue weighted by molar-refractivity contribution is 8.00. The molecule has 4 amide bonds. The molecule has 9 aromatic carbocycles. The number of anilines is 4. The van der Waals surface area contributed by atoms with E-state index in [0.29, 0.717) is 101 Å². The molecule has 1 saturated carbocycles. The molecule has 2 aliphatic carbocycles. The minimum Gasteiger partial charge on any atom is -0.507 e. The molecular formula is C89H63N7O24S2. The molecule has 610 valence electrons. The van der Waals surface area contributed by atoms with Gasteiger partial charge >= 0.3 is 22.5 Å². The monoisotopic (exact) mass is 1680 g/mol. The quantitative estimate of drug-likeness (QED) is 0.0154. The number of thioether (sulfide) groups is 2. The van der Waals surface area contributed by atoms with Crippen LogP contribution in [0.1, 0.15) is 60.0 Å². The molecule has 31 nitrogen and oxygen atoms in total. The van der Waals surface area contributed by atoms with Crippen molar-refractivity contribution >= 4 is 160 Å². The van der Waals surface area contributed by atoms with Gasteiger partial charge in [-0.1, -0.05) is 62.4 Å². The van der Waals surface area contributed by atoms with Gasteiger partial charge in [0.15, 0.2) is 23.6 Å². The third-order valence-corrected chi connectivity index (χ3v) is 21.9. The molecular weight excluding hydrogens is 1620 g/mol. The Bertz CT molecular complexity index is 6820. The zero-order chi connectivity index (χ0) is 87.1. The molecule has 4 aliphatic rings. The SMILES string of the molecule is CCSC1CC(=O)C(c2ccc3oc(=O)c(-c4ccc(N5C(=O)CC(SCC)C5=O)cc4)cc3c2)C1=O.Nc1ccc(-c2cc3cc(N)ccc3oc2=O)cc1.O=C1C=CC(=O)C1c1ccc2oc(=O)c(-c3ccc(N4C(=O)C=CC4=O)cc3)cc2c1.O=Cc1cc([N+](=O)[O-])ccc1O.O=c1oc2ccc([N+](=O)[O-])cc2cc1-c1ccc([N+](=O)[O-])cc1. The summed E-state index contributed by atoms with van der Waals surface area (Å²) >= 11 is 2.95. The van der Waals surface area contributed by atoms with Gasteiger partial charge in [-0.25, -0.2) is 29.0 Å². The van der Waals surface area contributed by atoms with Crippen LogP contribution >= 0.6 is 23.5 Å². The van der Waals surface area contributed by atoms with Crippen LogP contribution < -0.4 is 43.8 Å². The van der Waals surface area contributed by atoms with Gasteiger partial charge in [-0.3, -0.25) is 73.5 Å². The molecule has 3 atom stereocenters. The van der Waals surface area contributed by atoms with Crippen LogP contribution in [0.4, 0.5) is 39.8 Å². The molecule has 13 aromatic rings. The van der Waals surface area contributed by atoms with Crippen molar-refractivity contribution in [3.63, 3.8) is 0 Å². The number of hydrogen-bond donors (Lipinski definition) is 3. The fourth-order valence-electron chi connectivity index (χ4n) is 13.7. The highest BCUT2D eigenvalue weighted by Gasteiger charge is 2.43. The summed E-state index contributed by atoms with van der Waals surface area (Å²) < 4.78 is 21.4. The molecule has 0 bridgehead atoms. The summed E-state index contributed by atoms with van der Waals surface area (Å²) in [7, 11) is 0. The number of non-ortho nitro benzene ring substituents is 3. The number of phenols is 1. The van der Waals surface area contributed by atoms with E-state index in [1.165, 1.54) is 101 Å². The lowest BCUT2D eigenvalue weighted by Crippen LogP contribution is -2.31. The van der Waals surface area contributed by atoms with E-state index >= 15 is 0 Å². The molecule has 0 radical (unpaired) electrons. The number of carbonyl (C=O) groups is 9. The number of phenolic OH excluding ortho intramolecular Hbond substituents is 1. The number of nitrogens with two attached hydrogens (primary N) is 2. The largest absolute Gasteiger partial charge is 0.507 e. The van der Waals surface area contributed by atoms with Gasteiger partial charge in [0.25, 0.3) is 28.9 Å². The molecule has 2 aliphatic heterocycles. The maximum Gasteiger partial charge on any atom is 0.344 e. The zero-order valence-corrected chi connectivity index (χ0v) is 65.4. The van der Waals surface area contributed by atoms with Crippen molar-refractivity contribution in [2.24, 2.45) is 0 Å². The summed E-state index contributed by atoms with van der Waals surface area (Å²) in [4.78, 5) is 190. The van der Waals surface area contributed by atoms with Crippen LogP contribution in [0.25, 0.3) is 88.4 Å². The average molecular weight is 1680 g/mol. The smallest absolute Gasteiger partial charge is 0.344 e. The molecule has 5 N–H and O–H groups in total. The number of Topliss-reactive ketones (excluding diaryl/α,β-unsaturated/α-hetero) is 2. The van der Waals surface area contributed by atoms with Crippen molar-refractivity contribution in [3.05, 3.63) is 325 Å². The number of hydrogen-bond acceptors (Lipinski definition) is 28. The van der Waals surface area contributed by atoms with Gasteiger partial charge in [-0.2, -0.15) is 11.8 Å². The highest BCUT2D eigenvalue weighted by atomic mass is 32.2. The van der Waals surface area contributed by atoms with Gasteiger partial charge in [0.2, 0.25) is 11.8 Å². The standard InChI is InChI=1S/C28H25NO6S2.C24H13NO6.C15H8N2O6.C15H12N2O2.C7H5NO4/c1-3-36-22-13-20(30)25(26(22)32)16-7-10-21-17(11-16)12-19(28(34)35-21)15-5-8-18(9-6-15)29-24(31)14-23(27(29)33)37-4-2;26-18-6-7-19(27)23(18)14-3-8-20-15(11-14)12-17(24(30)31-20)13-1-4-16(5-2-13)25-21(28)9-10-22(25)29;18-15-13(9-1-3-11(4-2-9)16(19)20)8-10-7-12(17(21)22)5-6-14(10)23-15;16-11-3-1-9(2-4-11)13-8-10-7-12(17)5-6-14(10)19-15(13)18;9-4-5-3-6(8(11)12)1-2-7(5)10/h5-12,22-23,25H,3-4,13-14H2,1-2H3;1-12,23H;1-8H;1-8H,16-17H2;1-4,10H. The molecule has 4 aromatic heterocycles. The molecule has 0 spiro atoms. The molecule has 6 heterocycles. The fourth-order valence-corrected chi connectivity index (χ4v) is 15.6. The van der Waals surface area contributed by atoms with Crippen LogP contribution in [0.5, 0.6) is 5.75 Å². The second kappa shape index (κ2) is 36.0. The van der Waals surface area contributed by atoms with Crippen LogP contribution in [0, 0.1) is 30.3 Å². The molecule has 122 heavy (non-hydrogen) atoms.